The first-order valence-electron chi connectivity index (χ1n) is 11.7. The Hall–Kier alpha value is -1.82. The third kappa shape index (κ3) is 6.84. The Morgan fingerprint density at radius 1 is 1.22 bits per heavy atom. The number of nitrogens with one attached hydrogen (secondary N) is 1. The molecule has 0 saturated heterocycles. The van der Waals surface area contributed by atoms with Gasteiger partial charge < -0.3 is 19.9 Å². The maximum atomic E-state index is 6.30. The van der Waals surface area contributed by atoms with Crippen LogP contribution in [0.4, 0.5) is 11.4 Å². The van der Waals surface area contributed by atoms with E-state index in [0.717, 1.165) is 48.7 Å². The van der Waals surface area contributed by atoms with Crippen molar-refractivity contribution in [3.8, 4) is 0 Å². The third-order valence-electron chi connectivity index (χ3n) is 6.00. The van der Waals surface area contributed by atoms with Crippen LogP contribution < -0.4 is 10.2 Å². The number of rotatable bonds is 10. The van der Waals surface area contributed by atoms with Gasteiger partial charge in [0.05, 0.1) is 0 Å². The molecule has 4 nitrogen and oxygen atoms in total. The minimum absolute atomic E-state index is 0.711. The molecule has 0 unspecified atom stereocenters. The van der Waals surface area contributed by atoms with Gasteiger partial charge in [-0.15, -0.1) is 0 Å². The Morgan fingerprint density at radius 3 is 2.81 bits per heavy atom. The number of hydrogen-bond donors (Lipinski definition) is 1. The van der Waals surface area contributed by atoms with E-state index in [9.17, 15) is 0 Å². The zero-order chi connectivity index (χ0) is 22.9. The van der Waals surface area contributed by atoms with Crippen molar-refractivity contribution in [3.05, 3.63) is 58.1 Å². The van der Waals surface area contributed by atoms with Crippen LogP contribution in [0.1, 0.15) is 49.3 Å². The molecule has 3 rings (SSSR count). The van der Waals surface area contributed by atoms with Crippen LogP contribution in [0.15, 0.2) is 36.4 Å². The van der Waals surface area contributed by atoms with Crippen LogP contribution in [0.3, 0.4) is 0 Å². The fraction of sp³-hybridized carbons (Fsp3) is 0.500. The first kappa shape index (κ1) is 24.8. The van der Waals surface area contributed by atoms with E-state index in [1.54, 1.807) is 7.11 Å². The molecule has 1 N–H and O–H groups in total. The van der Waals surface area contributed by atoms with Crippen LogP contribution in [-0.2, 0) is 17.7 Å². The predicted molar refractivity (Wildman–Crippen MR) is 141 cm³/mol. The summed E-state index contributed by atoms with van der Waals surface area (Å²) in [7, 11) is 1.74. The van der Waals surface area contributed by atoms with Crippen molar-refractivity contribution in [2.24, 2.45) is 0 Å². The average Bonchev–Trinajstić information content (AvgIpc) is 2.79. The average molecular weight is 474 g/mol. The normalized spacial score (nSPS) is 13.1. The maximum absolute atomic E-state index is 6.30. The Labute approximate surface area is 203 Å². The molecule has 1 aliphatic heterocycles. The van der Waals surface area contributed by atoms with Gasteiger partial charge in [0, 0.05) is 56.3 Å². The Balaban J connectivity index is 1.73. The van der Waals surface area contributed by atoms with Gasteiger partial charge in [0.25, 0.3) is 0 Å². The van der Waals surface area contributed by atoms with E-state index in [1.807, 2.05) is 25.1 Å². The number of fused-ring (bicyclic) bond motifs is 1. The highest BCUT2D eigenvalue weighted by Gasteiger charge is 2.18. The molecule has 2 aromatic carbocycles. The third-order valence-corrected chi connectivity index (χ3v) is 6.77. The van der Waals surface area contributed by atoms with Gasteiger partial charge in [-0.1, -0.05) is 43.1 Å². The first-order valence-corrected chi connectivity index (χ1v) is 12.5. The quantitative estimate of drug-likeness (QED) is 0.316. The molecule has 0 spiro atoms. The number of ether oxygens (including phenoxy) is 1. The van der Waals surface area contributed by atoms with Crippen molar-refractivity contribution in [1.29, 1.82) is 0 Å². The van der Waals surface area contributed by atoms with Crippen molar-refractivity contribution >= 4 is 40.3 Å². The molecule has 0 saturated carbocycles. The molecule has 174 valence electrons. The highest BCUT2D eigenvalue weighted by Crippen LogP contribution is 2.29. The molecule has 1 aliphatic rings. The fourth-order valence-electron chi connectivity index (χ4n) is 4.15. The predicted octanol–water partition coefficient (Wildman–Crippen LogP) is 6.44. The highest BCUT2D eigenvalue weighted by atomic mass is 35.5. The van der Waals surface area contributed by atoms with Gasteiger partial charge >= 0.3 is 0 Å². The number of methoxy groups -OCH3 is 1. The van der Waals surface area contributed by atoms with E-state index in [-0.39, 0.29) is 0 Å². The number of benzene rings is 2. The van der Waals surface area contributed by atoms with Crippen molar-refractivity contribution in [2.75, 3.05) is 43.6 Å². The lowest BCUT2D eigenvalue weighted by molar-refractivity contribution is 0.185. The summed E-state index contributed by atoms with van der Waals surface area (Å²) in [6.07, 6.45) is 5.78. The van der Waals surface area contributed by atoms with Gasteiger partial charge in [-0.25, -0.2) is 0 Å². The van der Waals surface area contributed by atoms with Crippen molar-refractivity contribution in [3.63, 3.8) is 0 Å². The second kappa shape index (κ2) is 12.4. The Morgan fingerprint density at radius 2 is 2.06 bits per heavy atom. The number of anilines is 2. The largest absolute Gasteiger partial charge is 0.385 e. The summed E-state index contributed by atoms with van der Waals surface area (Å²) >= 11 is 12.1. The summed E-state index contributed by atoms with van der Waals surface area (Å²) in [6.45, 7) is 8.90. The molecule has 32 heavy (non-hydrogen) atoms. The molecule has 0 fully saturated rings. The monoisotopic (exact) mass is 473 g/mol. The molecule has 0 amide bonds. The van der Waals surface area contributed by atoms with Gasteiger partial charge in [0.2, 0.25) is 0 Å². The number of hydrogen-bond acceptors (Lipinski definition) is 3. The second-order valence-electron chi connectivity index (χ2n) is 8.57. The molecule has 0 aromatic heterocycles. The van der Waals surface area contributed by atoms with Crippen molar-refractivity contribution in [2.45, 2.75) is 52.5 Å². The topological polar surface area (TPSA) is 27.7 Å². The zero-order valence-electron chi connectivity index (χ0n) is 19.6. The molecule has 0 atom stereocenters. The molecular formula is C26H36ClN3OS. The van der Waals surface area contributed by atoms with Gasteiger partial charge in [-0.3, -0.25) is 0 Å². The highest BCUT2D eigenvalue weighted by molar-refractivity contribution is 7.80. The van der Waals surface area contributed by atoms with Gasteiger partial charge in [-0.05, 0) is 79.7 Å². The summed E-state index contributed by atoms with van der Waals surface area (Å²) in [4.78, 5) is 4.78. The minimum Gasteiger partial charge on any atom is -0.385 e. The SMILES string of the molecule is CCCCN1CCCc2cc(CN(CCCOC)C(=S)Nc3ccc(C)c(Cl)c3)ccc21. The molecule has 0 aliphatic carbocycles. The lowest BCUT2D eigenvalue weighted by Crippen LogP contribution is -2.35. The lowest BCUT2D eigenvalue weighted by atomic mass is 9.98. The molecule has 0 radical (unpaired) electrons. The van der Waals surface area contributed by atoms with Crippen LogP contribution in [0.25, 0.3) is 0 Å². The number of unbranched alkanes of at least 4 members (excludes halogenated alkanes) is 1. The van der Waals surface area contributed by atoms with E-state index >= 15 is 0 Å². The zero-order valence-corrected chi connectivity index (χ0v) is 21.2. The molecule has 2 aromatic rings. The minimum atomic E-state index is 0.711. The van der Waals surface area contributed by atoms with Crippen LogP contribution in [0.2, 0.25) is 5.02 Å². The van der Waals surface area contributed by atoms with Gasteiger partial charge in [-0.2, -0.15) is 0 Å². The van der Waals surface area contributed by atoms with Crippen LogP contribution in [0.5, 0.6) is 0 Å². The van der Waals surface area contributed by atoms with Crippen LogP contribution >= 0.6 is 23.8 Å². The van der Waals surface area contributed by atoms with E-state index in [0.29, 0.717) is 11.7 Å². The van der Waals surface area contributed by atoms with Crippen molar-refractivity contribution < 1.29 is 4.74 Å². The summed E-state index contributed by atoms with van der Waals surface area (Å²) in [6, 6.07) is 12.9. The smallest absolute Gasteiger partial charge is 0.173 e. The molecular weight excluding hydrogens is 438 g/mol. The molecule has 0 bridgehead atoms. The first-order chi connectivity index (χ1) is 15.5. The lowest BCUT2D eigenvalue weighted by Gasteiger charge is -2.32. The molecule has 6 heteroatoms. The van der Waals surface area contributed by atoms with E-state index < -0.39 is 0 Å². The van der Waals surface area contributed by atoms with Crippen LogP contribution in [0, 0.1) is 6.92 Å². The fourth-order valence-corrected chi connectivity index (χ4v) is 4.61. The number of nitrogens with zero attached hydrogens (tertiary/aromatic N) is 2. The Kier molecular flexibility index (Phi) is 9.64. The van der Waals surface area contributed by atoms with E-state index in [4.69, 9.17) is 28.6 Å². The second-order valence-corrected chi connectivity index (χ2v) is 9.36. The number of thiocarbonyl (C=S) groups is 1. The van der Waals surface area contributed by atoms with E-state index in [1.165, 1.54) is 42.6 Å². The summed E-state index contributed by atoms with van der Waals surface area (Å²) < 4.78 is 5.27. The number of aryl methyl sites for hydroxylation is 2. The number of halogens is 1. The van der Waals surface area contributed by atoms with Gasteiger partial charge in [0.1, 0.15) is 0 Å². The summed E-state index contributed by atoms with van der Waals surface area (Å²) in [5.74, 6) is 0. The maximum Gasteiger partial charge on any atom is 0.173 e. The van der Waals surface area contributed by atoms with E-state index in [2.05, 4.69) is 40.2 Å². The summed E-state index contributed by atoms with van der Waals surface area (Å²) in [5.41, 5.74) is 6.14. The van der Waals surface area contributed by atoms with Crippen molar-refractivity contribution in [1.82, 2.24) is 4.90 Å². The molecule has 1 heterocycles. The Bertz CT molecular complexity index is 905. The van der Waals surface area contributed by atoms with Crippen LogP contribution in [-0.4, -0.2) is 43.4 Å². The standard InChI is InChI=1S/C26H36ClN3OS/c1-4-5-13-29-14-6-8-22-17-21(10-12-25(22)29)19-30(15-7-16-31-3)26(32)28-23-11-9-20(2)24(27)18-23/h9-12,17-18H,4-8,13-16,19H2,1-3H3,(H,28,32). The van der Waals surface area contributed by atoms with Gasteiger partial charge in [0.15, 0.2) is 5.11 Å². The summed E-state index contributed by atoms with van der Waals surface area (Å²) in [5, 5.41) is 4.83.